The number of fused-ring (bicyclic) bond motifs is 3. The van der Waals surface area contributed by atoms with Gasteiger partial charge in [0, 0.05) is 41.1 Å². The Bertz CT molecular complexity index is 1370. The summed E-state index contributed by atoms with van der Waals surface area (Å²) < 4.78 is 34.2. The summed E-state index contributed by atoms with van der Waals surface area (Å²) in [4.78, 5) is 31.0. The number of rotatable bonds is 8. The van der Waals surface area contributed by atoms with Crippen molar-refractivity contribution in [2.45, 2.75) is 56.0 Å². The molecule has 1 atom stereocenters. The van der Waals surface area contributed by atoms with Crippen molar-refractivity contribution < 1.29 is 17.9 Å². The minimum Gasteiger partial charge on any atom is -0.462 e. The quantitative estimate of drug-likeness (QED) is 0.402. The van der Waals surface area contributed by atoms with E-state index in [0.717, 1.165) is 32.2 Å². The molecule has 2 aliphatic rings. The topological polar surface area (TPSA) is 124 Å². The third kappa shape index (κ3) is 4.47. The summed E-state index contributed by atoms with van der Waals surface area (Å²) in [5, 5.41) is 4.25. The number of hydrogen-bond donors (Lipinski definition) is 3. The molecule has 0 unspecified atom stereocenters. The van der Waals surface area contributed by atoms with Crippen LogP contribution in [0.3, 0.4) is 0 Å². The Morgan fingerprint density at radius 1 is 1.24 bits per heavy atom. The molecule has 1 aliphatic heterocycles. The number of halogens is 1. The second-order valence-corrected chi connectivity index (χ2v) is 10.7. The van der Waals surface area contributed by atoms with E-state index in [1.807, 2.05) is 6.92 Å². The first-order valence-electron chi connectivity index (χ1n) is 11.5. The van der Waals surface area contributed by atoms with Crippen molar-refractivity contribution in [1.82, 2.24) is 19.6 Å². The van der Waals surface area contributed by atoms with Crippen LogP contribution in [0.1, 0.15) is 49.4 Å². The molecule has 3 aromatic rings. The van der Waals surface area contributed by atoms with Gasteiger partial charge in [0.1, 0.15) is 5.52 Å². The predicted molar refractivity (Wildman–Crippen MR) is 132 cm³/mol. The fourth-order valence-corrected chi connectivity index (χ4v) is 6.33. The van der Waals surface area contributed by atoms with Gasteiger partial charge in [-0.25, -0.2) is 13.2 Å². The Kier molecular flexibility index (Phi) is 7.04. The van der Waals surface area contributed by atoms with Crippen molar-refractivity contribution in [1.29, 1.82) is 0 Å². The average molecular weight is 509 g/mol. The van der Waals surface area contributed by atoms with Gasteiger partial charge in [-0.15, -0.1) is 12.4 Å². The summed E-state index contributed by atoms with van der Waals surface area (Å²) in [5.41, 5.74) is 0.522. The molecule has 34 heavy (non-hydrogen) atoms. The first-order valence-corrected chi connectivity index (χ1v) is 12.9. The molecule has 0 radical (unpaired) electrons. The molecule has 1 aromatic carbocycles. The predicted octanol–water partition coefficient (Wildman–Crippen LogP) is 2.90. The van der Waals surface area contributed by atoms with Crippen LogP contribution in [0.5, 0.6) is 0 Å². The zero-order valence-electron chi connectivity index (χ0n) is 18.9. The van der Waals surface area contributed by atoms with E-state index < -0.39 is 16.0 Å². The van der Waals surface area contributed by atoms with E-state index in [1.54, 1.807) is 16.4 Å². The largest absolute Gasteiger partial charge is 0.462 e. The lowest BCUT2D eigenvalue weighted by Gasteiger charge is -2.25. The van der Waals surface area contributed by atoms with Crippen LogP contribution in [0.25, 0.3) is 21.8 Å². The molecular formula is C23H29ClN4O5S. The highest BCUT2D eigenvalue weighted by Gasteiger charge is 2.39. The van der Waals surface area contributed by atoms with Crippen molar-refractivity contribution in [2.75, 3.05) is 19.7 Å². The number of H-pyrrole nitrogens is 2. The number of aromatic nitrogens is 2. The minimum atomic E-state index is -3.75. The molecule has 2 fully saturated rings. The minimum absolute atomic E-state index is 0. The molecule has 184 valence electrons. The highest BCUT2D eigenvalue weighted by atomic mass is 35.5. The number of pyridine rings is 1. The van der Waals surface area contributed by atoms with E-state index in [-0.39, 0.29) is 52.6 Å². The number of benzene rings is 1. The van der Waals surface area contributed by atoms with Gasteiger partial charge in [-0.3, -0.25) is 4.79 Å². The van der Waals surface area contributed by atoms with Gasteiger partial charge in [0.15, 0.2) is 0 Å². The van der Waals surface area contributed by atoms with E-state index in [0.29, 0.717) is 29.3 Å². The Labute approximate surface area is 203 Å². The van der Waals surface area contributed by atoms with Gasteiger partial charge in [0.05, 0.1) is 17.1 Å². The van der Waals surface area contributed by atoms with Gasteiger partial charge >= 0.3 is 5.97 Å². The number of aromatic amines is 2. The van der Waals surface area contributed by atoms with E-state index in [1.165, 1.54) is 12.3 Å². The molecule has 3 N–H and O–H groups in total. The van der Waals surface area contributed by atoms with Crippen LogP contribution in [0.15, 0.2) is 34.1 Å². The maximum atomic E-state index is 13.7. The highest BCUT2D eigenvalue weighted by Crippen LogP contribution is 2.34. The molecule has 0 bridgehead atoms. The van der Waals surface area contributed by atoms with Gasteiger partial charge in [-0.2, -0.15) is 4.31 Å². The Balaban J connectivity index is 0.00000274. The van der Waals surface area contributed by atoms with Crippen LogP contribution in [-0.4, -0.2) is 60.4 Å². The number of nitrogens with zero attached hydrogens (tertiary/aromatic N) is 1. The highest BCUT2D eigenvalue weighted by molar-refractivity contribution is 7.89. The second-order valence-electron chi connectivity index (χ2n) is 8.85. The number of esters is 1. The van der Waals surface area contributed by atoms with E-state index in [9.17, 15) is 18.0 Å². The summed E-state index contributed by atoms with van der Waals surface area (Å²) in [6.07, 6.45) is 5.86. The zero-order chi connectivity index (χ0) is 23.2. The maximum absolute atomic E-state index is 13.7. The van der Waals surface area contributed by atoms with Crippen LogP contribution in [0, 0.1) is 0 Å². The molecular weight excluding hydrogens is 480 g/mol. The van der Waals surface area contributed by atoms with Gasteiger partial charge in [-0.05, 0) is 56.8 Å². The first-order chi connectivity index (χ1) is 15.9. The fraction of sp³-hybridized carbons (Fsp3) is 0.478. The number of sulfonamides is 1. The number of nitrogens with one attached hydrogen (secondary N) is 3. The van der Waals surface area contributed by atoms with E-state index in [2.05, 4.69) is 15.3 Å². The van der Waals surface area contributed by atoms with Crippen LogP contribution in [0.2, 0.25) is 0 Å². The molecule has 9 nitrogen and oxygen atoms in total. The lowest BCUT2D eigenvalue weighted by molar-refractivity contribution is 0.0507. The van der Waals surface area contributed by atoms with E-state index in [4.69, 9.17) is 4.74 Å². The van der Waals surface area contributed by atoms with Crippen molar-refractivity contribution >= 4 is 50.2 Å². The maximum Gasteiger partial charge on any atom is 0.340 e. The van der Waals surface area contributed by atoms with Crippen molar-refractivity contribution in [3.8, 4) is 0 Å². The van der Waals surface area contributed by atoms with Gasteiger partial charge in [0.2, 0.25) is 10.0 Å². The van der Waals surface area contributed by atoms with Crippen LogP contribution in [-0.2, 0) is 14.8 Å². The number of carbonyl (C=O) groups is 1. The Hall–Kier alpha value is -2.40. The van der Waals surface area contributed by atoms with Gasteiger partial charge in [-0.1, -0.05) is 6.92 Å². The summed E-state index contributed by atoms with van der Waals surface area (Å²) in [5.74, 6) is -0.546. The van der Waals surface area contributed by atoms with E-state index >= 15 is 0 Å². The molecule has 11 heteroatoms. The van der Waals surface area contributed by atoms with Gasteiger partial charge in [0.25, 0.3) is 5.56 Å². The summed E-state index contributed by atoms with van der Waals surface area (Å²) in [7, 11) is -3.75. The van der Waals surface area contributed by atoms with Crippen molar-refractivity contribution in [3.63, 3.8) is 0 Å². The summed E-state index contributed by atoms with van der Waals surface area (Å²) in [6.45, 7) is 3.52. The molecule has 1 saturated heterocycles. The number of ether oxygens (including phenoxy) is 1. The van der Waals surface area contributed by atoms with Crippen molar-refractivity contribution in [3.05, 3.63) is 40.3 Å². The zero-order valence-corrected chi connectivity index (χ0v) is 20.6. The molecule has 0 amide bonds. The monoisotopic (exact) mass is 508 g/mol. The number of hydrogen-bond acceptors (Lipinski definition) is 6. The first kappa shape index (κ1) is 24.7. The van der Waals surface area contributed by atoms with Crippen molar-refractivity contribution in [2.24, 2.45) is 0 Å². The second kappa shape index (κ2) is 9.69. The SMILES string of the molecule is CCCOC(=O)c1c[nH]c2c(=O)[nH]c3ccc(S(=O)(=O)N(C[C@H]4CCCN4)C4CC4)cc3c12.Cl. The molecule has 0 spiro atoms. The van der Waals surface area contributed by atoms with Crippen LogP contribution < -0.4 is 10.9 Å². The third-order valence-corrected chi connectivity index (χ3v) is 8.31. The molecule has 2 aromatic heterocycles. The lowest BCUT2D eigenvalue weighted by Crippen LogP contribution is -2.42. The lowest BCUT2D eigenvalue weighted by atomic mass is 10.1. The third-order valence-electron chi connectivity index (χ3n) is 6.40. The van der Waals surface area contributed by atoms with Crippen LogP contribution in [0.4, 0.5) is 0 Å². The normalized spacial score (nSPS) is 18.5. The summed E-state index contributed by atoms with van der Waals surface area (Å²) in [6, 6.07) is 4.86. The fourth-order valence-electron chi connectivity index (χ4n) is 4.57. The molecule has 1 saturated carbocycles. The number of carbonyl (C=O) groups excluding carboxylic acids is 1. The molecule has 3 heterocycles. The standard InChI is InChI=1S/C23H28N4O5S.ClH/c1-2-10-32-23(29)18-12-25-21-20(18)17-11-16(7-8-19(17)26-22(21)28)33(30,31)27(15-5-6-15)13-14-4-3-9-24-14;/h7-8,11-12,14-15,24-25H,2-6,9-10,13H2,1H3,(H,26,28);1H/t14-;/m1./s1. The molecule has 1 aliphatic carbocycles. The van der Waals surface area contributed by atoms with Crippen LogP contribution >= 0.6 is 12.4 Å². The Morgan fingerprint density at radius 2 is 2.03 bits per heavy atom. The average Bonchev–Trinajstić information content (AvgIpc) is 3.31. The smallest absolute Gasteiger partial charge is 0.340 e. The molecule has 5 rings (SSSR count). The Morgan fingerprint density at radius 3 is 2.71 bits per heavy atom. The van der Waals surface area contributed by atoms with Gasteiger partial charge < -0.3 is 20.0 Å². The summed E-state index contributed by atoms with van der Waals surface area (Å²) >= 11 is 0.